The third kappa shape index (κ3) is 4.60. The van der Waals surface area contributed by atoms with Crippen molar-refractivity contribution in [2.45, 2.75) is 20.8 Å². The van der Waals surface area contributed by atoms with E-state index in [-0.39, 0.29) is 0 Å². The summed E-state index contributed by atoms with van der Waals surface area (Å²) in [7, 11) is 1.70. The van der Waals surface area contributed by atoms with Gasteiger partial charge in [-0.2, -0.15) is 0 Å². The van der Waals surface area contributed by atoms with Gasteiger partial charge < -0.3 is 14.0 Å². The SMILES string of the molecule is CC[N+](CC)(CC)COCCOC. The number of hydrogen-bond donors (Lipinski definition) is 0. The van der Waals surface area contributed by atoms with E-state index in [4.69, 9.17) is 9.47 Å². The normalized spacial score (nSPS) is 12.0. The second-order valence-corrected chi connectivity index (χ2v) is 3.32. The molecule has 0 aliphatic rings. The molecule has 0 amide bonds. The molecule has 13 heavy (non-hydrogen) atoms. The standard InChI is InChI=1S/C10H24NO2/c1-5-11(6-2,7-3)10-13-9-8-12-4/h5-10H2,1-4H3/q+1. The quantitative estimate of drug-likeness (QED) is 0.328. The van der Waals surface area contributed by atoms with Crippen molar-refractivity contribution in [3.63, 3.8) is 0 Å². The zero-order valence-electron chi connectivity index (χ0n) is 9.51. The summed E-state index contributed by atoms with van der Waals surface area (Å²) in [5.74, 6) is 0. The minimum absolute atomic E-state index is 0.692. The van der Waals surface area contributed by atoms with Crippen LogP contribution in [-0.4, -0.2) is 51.2 Å². The smallest absolute Gasteiger partial charge is 0.183 e. The van der Waals surface area contributed by atoms with Crippen molar-refractivity contribution in [2.24, 2.45) is 0 Å². The van der Waals surface area contributed by atoms with Crippen LogP contribution in [-0.2, 0) is 9.47 Å². The molecule has 0 N–H and O–H groups in total. The minimum Gasteiger partial charge on any atom is -0.382 e. The molecule has 0 aromatic rings. The summed E-state index contributed by atoms with van der Waals surface area (Å²) in [6.45, 7) is 12.3. The van der Waals surface area contributed by atoms with Gasteiger partial charge in [-0.1, -0.05) is 0 Å². The van der Waals surface area contributed by atoms with Crippen LogP contribution < -0.4 is 0 Å². The van der Waals surface area contributed by atoms with Gasteiger partial charge in [0.25, 0.3) is 0 Å². The average molecular weight is 190 g/mol. The van der Waals surface area contributed by atoms with Gasteiger partial charge in [-0.3, -0.25) is 0 Å². The predicted molar refractivity (Wildman–Crippen MR) is 54.6 cm³/mol. The fraction of sp³-hybridized carbons (Fsp3) is 1.00. The van der Waals surface area contributed by atoms with Gasteiger partial charge >= 0.3 is 0 Å². The molecule has 0 saturated heterocycles. The van der Waals surface area contributed by atoms with Gasteiger partial charge in [-0.25, -0.2) is 0 Å². The molecule has 0 heterocycles. The van der Waals surface area contributed by atoms with Crippen molar-refractivity contribution in [1.82, 2.24) is 0 Å². The maximum Gasteiger partial charge on any atom is 0.183 e. The molecule has 0 spiro atoms. The van der Waals surface area contributed by atoms with Crippen molar-refractivity contribution >= 4 is 0 Å². The van der Waals surface area contributed by atoms with Crippen molar-refractivity contribution < 1.29 is 14.0 Å². The lowest BCUT2D eigenvalue weighted by molar-refractivity contribution is -0.941. The summed E-state index contributed by atoms with van der Waals surface area (Å²) >= 11 is 0. The molecule has 3 nitrogen and oxygen atoms in total. The monoisotopic (exact) mass is 190 g/mol. The highest BCUT2D eigenvalue weighted by Gasteiger charge is 2.19. The fourth-order valence-electron chi connectivity index (χ4n) is 1.35. The van der Waals surface area contributed by atoms with E-state index >= 15 is 0 Å². The summed E-state index contributed by atoms with van der Waals surface area (Å²) in [4.78, 5) is 0. The number of nitrogens with zero attached hydrogens (tertiary/aromatic N) is 1. The van der Waals surface area contributed by atoms with Gasteiger partial charge in [0.15, 0.2) is 6.73 Å². The molecule has 80 valence electrons. The highest BCUT2D eigenvalue weighted by molar-refractivity contribution is 4.31. The first kappa shape index (κ1) is 12.9. The van der Waals surface area contributed by atoms with E-state index in [2.05, 4.69) is 20.8 Å². The Bertz CT molecular complexity index is 105. The van der Waals surface area contributed by atoms with E-state index in [0.29, 0.717) is 13.2 Å². The first-order valence-electron chi connectivity index (χ1n) is 5.16. The second kappa shape index (κ2) is 7.30. The fourth-order valence-corrected chi connectivity index (χ4v) is 1.35. The van der Waals surface area contributed by atoms with Gasteiger partial charge in [0.05, 0.1) is 32.8 Å². The Balaban J connectivity index is 3.68. The summed E-state index contributed by atoms with van der Waals surface area (Å²) < 4.78 is 11.5. The number of hydrogen-bond acceptors (Lipinski definition) is 2. The predicted octanol–water partition coefficient (Wildman–Crippen LogP) is 1.48. The second-order valence-electron chi connectivity index (χ2n) is 3.32. The number of rotatable bonds is 8. The average Bonchev–Trinajstić information content (AvgIpc) is 2.20. The number of quaternary nitrogens is 1. The van der Waals surface area contributed by atoms with Crippen LogP contribution in [0.1, 0.15) is 20.8 Å². The first-order valence-corrected chi connectivity index (χ1v) is 5.16. The summed E-state index contributed by atoms with van der Waals surface area (Å²) in [5.41, 5.74) is 0. The van der Waals surface area contributed by atoms with Crippen molar-refractivity contribution in [1.29, 1.82) is 0 Å². The van der Waals surface area contributed by atoms with Crippen LogP contribution in [0.2, 0.25) is 0 Å². The van der Waals surface area contributed by atoms with Crippen LogP contribution in [0, 0.1) is 0 Å². The van der Waals surface area contributed by atoms with E-state index in [1.54, 1.807) is 7.11 Å². The van der Waals surface area contributed by atoms with Crippen LogP contribution in [0.5, 0.6) is 0 Å². The lowest BCUT2D eigenvalue weighted by Crippen LogP contribution is -2.49. The summed E-state index contributed by atoms with van der Waals surface area (Å²) in [6.07, 6.45) is 0. The largest absolute Gasteiger partial charge is 0.382 e. The Morgan fingerprint density at radius 3 is 1.85 bits per heavy atom. The molecule has 0 aromatic heterocycles. The van der Waals surface area contributed by atoms with E-state index in [0.717, 1.165) is 30.8 Å². The molecule has 0 fully saturated rings. The first-order chi connectivity index (χ1) is 6.24. The van der Waals surface area contributed by atoms with E-state index in [9.17, 15) is 0 Å². The number of methoxy groups -OCH3 is 1. The summed E-state index contributed by atoms with van der Waals surface area (Å²) in [6, 6.07) is 0. The molecule has 0 aliphatic heterocycles. The van der Waals surface area contributed by atoms with Crippen LogP contribution in [0.4, 0.5) is 0 Å². The molecule has 0 atom stereocenters. The maximum atomic E-state index is 5.56. The van der Waals surface area contributed by atoms with Gasteiger partial charge in [0, 0.05) is 7.11 Å². The van der Waals surface area contributed by atoms with Crippen LogP contribution in [0.3, 0.4) is 0 Å². The van der Waals surface area contributed by atoms with Crippen molar-refractivity contribution in [3.05, 3.63) is 0 Å². The minimum atomic E-state index is 0.692. The van der Waals surface area contributed by atoms with Crippen LogP contribution in [0.15, 0.2) is 0 Å². The Morgan fingerprint density at radius 2 is 1.46 bits per heavy atom. The zero-order valence-corrected chi connectivity index (χ0v) is 9.51. The van der Waals surface area contributed by atoms with E-state index in [1.165, 1.54) is 0 Å². The highest BCUT2D eigenvalue weighted by atomic mass is 16.5. The van der Waals surface area contributed by atoms with Gasteiger partial charge in [0.2, 0.25) is 0 Å². The maximum absolute atomic E-state index is 5.56. The summed E-state index contributed by atoms with van der Waals surface area (Å²) in [5, 5.41) is 0. The van der Waals surface area contributed by atoms with Gasteiger partial charge in [0.1, 0.15) is 0 Å². The molecule has 3 heteroatoms. The van der Waals surface area contributed by atoms with Crippen LogP contribution in [0.25, 0.3) is 0 Å². The molecule has 0 radical (unpaired) electrons. The Labute approximate surface area is 82.2 Å². The molecule has 0 saturated carbocycles. The molecule has 0 aliphatic carbocycles. The molecule has 0 bridgehead atoms. The molecule has 0 unspecified atom stereocenters. The lowest BCUT2D eigenvalue weighted by Gasteiger charge is -2.34. The van der Waals surface area contributed by atoms with E-state index < -0.39 is 0 Å². The molecular weight excluding hydrogens is 166 g/mol. The molecule has 0 rings (SSSR count). The zero-order chi connectivity index (χ0) is 10.2. The van der Waals surface area contributed by atoms with Crippen LogP contribution >= 0.6 is 0 Å². The van der Waals surface area contributed by atoms with Gasteiger partial charge in [-0.15, -0.1) is 0 Å². The Hall–Kier alpha value is -0.120. The lowest BCUT2D eigenvalue weighted by atomic mass is 10.4. The third-order valence-electron chi connectivity index (χ3n) is 2.81. The highest BCUT2D eigenvalue weighted by Crippen LogP contribution is 2.05. The van der Waals surface area contributed by atoms with Crippen molar-refractivity contribution in [3.8, 4) is 0 Å². The molecular formula is C10H24NO2+. The topological polar surface area (TPSA) is 18.5 Å². The third-order valence-corrected chi connectivity index (χ3v) is 2.81. The van der Waals surface area contributed by atoms with Gasteiger partial charge in [-0.05, 0) is 20.8 Å². The Morgan fingerprint density at radius 1 is 0.923 bits per heavy atom. The van der Waals surface area contributed by atoms with E-state index in [1.807, 2.05) is 0 Å². The Kier molecular flexibility index (Phi) is 7.23. The number of ether oxygens (including phenoxy) is 2. The van der Waals surface area contributed by atoms with Crippen molar-refractivity contribution in [2.75, 3.05) is 46.7 Å². The molecule has 0 aromatic carbocycles.